The fraction of sp³-hybridized carbons (Fsp3) is 0.588. The first-order valence-electron chi connectivity index (χ1n) is 8.04. The molecule has 2 heterocycles. The summed E-state index contributed by atoms with van der Waals surface area (Å²) in [4.78, 5) is 9.35. The Hall–Kier alpha value is -1.59. The maximum absolute atomic E-state index is 6.21. The molecule has 0 radical (unpaired) electrons. The van der Waals surface area contributed by atoms with Crippen LogP contribution in [0.15, 0.2) is 40.2 Å². The average Bonchev–Trinajstić information content (AvgIpc) is 2.51. The first kappa shape index (κ1) is 15.3. The van der Waals surface area contributed by atoms with Crippen molar-refractivity contribution in [3.8, 4) is 0 Å². The van der Waals surface area contributed by atoms with Crippen LogP contribution < -0.4 is 5.73 Å². The largest absolute Gasteiger partial charge is 0.378 e. The molecule has 2 N–H and O–H groups in total. The van der Waals surface area contributed by atoms with Crippen LogP contribution in [0.3, 0.4) is 0 Å². The van der Waals surface area contributed by atoms with E-state index in [-0.39, 0.29) is 6.04 Å². The van der Waals surface area contributed by atoms with Crippen LogP contribution >= 0.6 is 0 Å². The molecule has 5 heteroatoms. The summed E-state index contributed by atoms with van der Waals surface area (Å²) in [6, 6.07) is 0.0204. The number of aliphatic imine (C=N–C) groups is 1. The van der Waals surface area contributed by atoms with E-state index in [0.717, 1.165) is 55.7 Å². The minimum Gasteiger partial charge on any atom is -0.378 e. The summed E-state index contributed by atoms with van der Waals surface area (Å²) in [5.41, 5.74) is 10.6. The van der Waals surface area contributed by atoms with Gasteiger partial charge in [0.2, 0.25) is 5.96 Å². The lowest BCUT2D eigenvalue weighted by molar-refractivity contribution is 0.0638. The van der Waals surface area contributed by atoms with E-state index >= 15 is 0 Å². The van der Waals surface area contributed by atoms with Gasteiger partial charge in [0.15, 0.2) is 0 Å². The number of ether oxygens (including phenoxy) is 1. The van der Waals surface area contributed by atoms with Gasteiger partial charge >= 0.3 is 0 Å². The van der Waals surface area contributed by atoms with Crippen LogP contribution in [0.25, 0.3) is 0 Å². The Morgan fingerprint density at radius 2 is 2.09 bits per heavy atom. The van der Waals surface area contributed by atoms with Crippen molar-refractivity contribution in [3.63, 3.8) is 0 Å². The Labute approximate surface area is 132 Å². The molecule has 5 nitrogen and oxygen atoms in total. The highest BCUT2D eigenvalue weighted by atomic mass is 16.5. The van der Waals surface area contributed by atoms with Gasteiger partial charge in [0, 0.05) is 37.4 Å². The van der Waals surface area contributed by atoms with Crippen LogP contribution in [0.4, 0.5) is 0 Å². The quantitative estimate of drug-likeness (QED) is 0.801. The predicted octanol–water partition coefficient (Wildman–Crippen LogP) is 1.70. The van der Waals surface area contributed by atoms with E-state index < -0.39 is 0 Å². The van der Waals surface area contributed by atoms with Crippen molar-refractivity contribution in [2.75, 3.05) is 33.4 Å². The van der Waals surface area contributed by atoms with Gasteiger partial charge in [0.1, 0.15) is 0 Å². The molecule has 1 fully saturated rings. The lowest BCUT2D eigenvalue weighted by Gasteiger charge is -2.40. The number of hydrogen-bond acceptors (Lipinski definition) is 5. The number of rotatable bonds is 1. The Morgan fingerprint density at radius 3 is 2.73 bits per heavy atom. The molecule has 1 aliphatic carbocycles. The average molecular weight is 302 g/mol. The van der Waals surface area contributed by atoms with Crippen molar-refractivity contribution in [3.05, 3.63) is 35.2 Å². The molecule has 0 spiro atoms. The van der Waals surface area contributed by atoms with Gasteiger partial charge in [0.05, 0.1) is 18.9 Å². The fourth-order valence-electron chi connectivity index (χ4n) is 3.33. The summed E-state index contributed by atoms with van der Waals surface area (Å²) in [5.74, 6) is 1.44. The van der Waals surface area contributed by atoms with Crippen molar-refractivity contribution in [2.45, 2.75) is 26.3 Å². The molecule has 0 amide bonds. The molecule has 2 unspecified atom stereocenters. The zero-order chi connectivity index (χ0) is 15.9. The molecule has 120 valence electrons. The SMILES string of the molecule is C=C1C2=CC(C)CC(C(C)N)=C2N=C(N2CCOCC2)N1C. The monoisotopic (exact) mass is 302 g/mol. The van der Waals surface area contributed by atoms with E-state index in [2.05, 4.69) is 29.4 Å². The molecule has 0 aromatic rings. The number of nitrogens with two attached hydrogens (primary N) is 1. The third kappa shape index (κ3) is 2.59. The van der Waals surface area contributed by atoms with Crippen LogP contribution in [-0.4, -0.2) is 55.2 Å². The highest BCUT2D eigenvalue weighted by Crippen LogP contribution is 2.38. The molecule has 0 aromatic carbocycles. The van der Waals surface area contributed by atoms with Crippen LogP contribution in [0.2, 0.25) is 0 Å². The van der Waals surface area contributed by atoms with E-state index in [4.69, 9.17) is 15.5 Å². The van der Waals surface area contributed by atoms with Crippen molar-refractivity contribution in [2.24, 2.45) is 16.6 Å². The summed E-state index contributed by atoms with van der Waals surface area (Å²) < 4.78 is 5.45. The second kappa shape index (κ2) is 5.89. The van der Waals surface area contributed by atoms with E-state index in [1.165, 1.54) is 5.57 Å². The van der Waals surface area contributed by atoms with Crippen molar-refractivity contribution in [1.29, 1.82) is 0 Å². The summed E-state index contributed by atoms with van der Waals surface area (Å²) in [6.45, 7) is 11.8. The number of allylic oxidation sites excluding steroid dienone is 1. The molecular weight excluding hydrogens is 276 g/mol. The summed E-state index contributed by atoms with van der Waals surface area (Å²) in [5, 5.41) is 0. The highest BCUT2D eigenvalue weighted by Gasteiger charge is 2.32. The van der Waals surface area contributed by atoms with Crippen LogP contribution in [0.1, 0.15) is 20.3 Å². The van der Waals surface area contributed by atoms with E-state index in [0.29, 0.717) is 5.92 Å². The molecule has 22 heavy (non-hydrogen) atoms. The topological polar surface area (TPSA) is 54.1 Å². The van der Waals surface area contributed by atoms with E-state index in [1.54, 1.807) is 0 Å². The predicted molar refractivity (Wildman–Crippen MR) is 89.3 cm³/mol. The molecule has 1 saturated heterocycles. The van der Waals surface area contributed by atoms with Gasteiger partial charge in [-0.25, -0.2) is 4.99 Å². The van der Waals surface area contributed by atoms with Crippen LogP contribution in [0.5, 0.6) is 0 Å². The second-order valence-electron chi connectivity index (χ2n) is 6.44. The van der Waals surface area contributed by atoms with Gasteiger partial charge < -0.3 is 20.3 Å². The number of hydrogen-bond donors (Lipinski definition) is 1. The number of nitrogens with zero attached hydrogens (tertiary/aromatic N) is 3. The highest BCUT2D eigenvalue weighted by molar-refractivity contribution is 5.87. The molecule has 2 atom stereocenters. The van der Waals surface area contributed by atoms with Crippen molar-refractivity contribution < 1.29 is 4.74 Å². The van der Waals surface area contributed by atoms with Crippen LogP contribution in [0, 0.1) is 5.92 Å². The van der Waals surface area contributed by atoms with Gasteiger partial charge in [-0.3, -0.25) is 0 Å². The molecular formula is C17H26N4O. The van der Waals surface area contributed by atoms with Gasteiger partial charge in [-0.05, 0) is 24.8 Å². The summed E-state index contributed by atoms with van der Waals surface area (Å²) in [7, 11) is 2.04. The molecule has 0 saturated carbocycles. The zero-order valence-electron chi connectivity index (χ0n) is 13.8. The normalized spacial score (nSPS) is 27.5. The molecule has 3 aliphatic rings. The van der Waals surface area contributed by atoms with Gasteiger partial charge in [-0.15, -0.1) is 0 Å². The summed E-state index contributed by atoms with van der Waals surface area (Å²) in [6.07, 6.45) is 3.26. The second-order valence-corrected chi connectivity index (χ2v) is 6.44. The Balaban J connectivity index is 2.06. The van der Waals surface area contributed by atoms with Gasteiger partial charge in [-0.2, -0.15) is 0 Å². The standard InChI is InChI=1S/C17H26N4O/c1-11-9-14(12(2)18)16-15(10-11)13(3)20(4)17(19-16)21-5-7-22-8-6-21/h10-12H,3,5-9,18H2,1-2,4H3. The Morgan fingerprint density at radius 1 is 1.41 bits per heavy atom. The molecule has 2 aliphatic heterocycles. The lowest BCUT2D eigenvalue weighted by Crippen LogP contribution is -2.49. The molecule has 3 rings (SSSR count). The number of morpholine rings is 1. The number of guanidine groups is 1. The third-order valence-corrected chi connectivity index (χ3v) is 4.62. The number of fused-ring (bicyclic) bond motifs is 1. The van der Waals surface area contributed by atoms with E-state index in [1.807, 2.05) is 14.0 Å². The first-order valence-corrected chi connectivity index (χ1v) is 8.04. The van der Waals surface area contributed by atoms with Crippen LogP contribution in [-0.2, 0) is 4.74 Å². The fourth-order valence-corrected chi connectivity index (χ4v) is 3.33. The Kier molecular flexibility index (Phi) is 4.10. The Bertz CT molecular complexity index is 567. The molecule has 0 aromatic heterocycles. The maximum atomic E-state index is 6.21. The minimum absolute atomic E-state index is 0.0204. The maximum Gasteiger partial charge on any atom is 0.206 e. The number of likely N-dealkylation sites (N-methyl/N-ethyl adjacent to an activating group) is 1. The summed E-state index contributed by atoms with van der Waals surface area (Å²) >= 11 is 0. The molecule has 0 bridgehead atoms. The van der Waals surface area contributed by atoms with Crippen molar-refractivity contribution in [1.82, 2.24) is 9.80 Å². The zero-order valence-corrected chi connectivity index (χ0v) is 13.8. The lowest BCUT2D eigenvalue weighted by atomic mass is 9.84. The third-order valence-electron chi connectivity index (χ3n) is 4.62. The van der Waals surface area contributed by atoms with Gasteiger partial charge in [-0.1, -0.05) is 19.6 Å². The first-order chi connectivity index (χ1) is 10.5. The van der Waals surface area contributed by atoms with E-state index in [9.17, 15) is 0 Å². The van der Waals surface area contributed by atoms with Gasteiger partial charge in [0.25, 0.3) is 0 Å². The van der Waals surface area contributed by atoms with Crippen molar-refractivity contribution >= 4 is 5.96 Å². The smallest absolute Gasteiger partial charge is 0.206 e. The minimum atomic E-state index is 0.0204.